The van der Waals surface area contributed by atoms with Gasteiger partial charge < -0.3 is 9.84 Å². The minimum Gasteiger partial charge on any atom is -0.465 e. The molecular weight excluding hydrogens is 476 g/mol. The Bertz CT molecular complexity index is 1460. The van der Waals surface area contributed by atoms with E-state index in [1.165, 1.54) is 25.4 Å². The number of nitrogens with zero attached hydrogens (tertiary/aromatic N) is 2. The van der Waals surface area contributed by atoms with Crippen molar-refractivity contribution in [3.05, 3.63) is 94.3 Å². The van der Waals surface area contributed by atoms with Gasteiger partial charge in [0.15, 0.2) is 5.65 Å². The van der Waals surface area contributed by atoms with Crippen LogP contribution < -0.4 is 0 Å². The van der Waals surface area contributed by atoms with E-state index >= 15 is 0 Å². The molecule has 1 atom stereocenters. The van der Waals surface area contributed by atoms with Crippen LogP contribution in [-0.2, 0) is 14.8 Å². The van der Waals surface area contributed by atoms with Crippen LogP contribution in [0.25, 0.3) is 11.0 Å². The largest absolute Gasteiger partial charge is 0.465 e. The number of aromatic nitrogens is 2. The molecule has 0 radical (unpaired) electrons. The molecule has 176 valence electrons. The normalized spacial score (nSPS) is 12.8. The summed E-state index contributed by atoms with van der Waals surface area (Å²) in [5.41, 5.74) is 1.96. The van der Waals surface area contributed by atoms with Gasteiger partial charge in [-0.15, -0.1) is 0 Å². The van der Waals surface area contributed by atoms with E-state index in [0.29, 0.717) is 21.5 Å². The van der Waals surface area contributed by atoms with E-state index in [4.69, 9.17) is 16.3 Å². The first-order valence-electron chi connectivity index (χ1n) is 10.5. The summed E-state index contributed by atoms with van der Waals surface area (Å²) in [6.07, 6.45) is 0.0448. The maximum atomic E-state index is 13.7. The van der Waals surface area contributed by atoms with Gasteiger partial charge in [-0.2, -0.15) is 0 Å². The van der Waals surface area contributed by atoms with Gasteiger partial charge in [-0.05, 0) is 53.4 Å². The number of fused-ring (bicyclic) bond motifs is 1. The Morgan fingerprint density at radius 1 is 1.03 bits per heavy atom. The fraction of sp³-hybridized carbons (Fsp3) is 0.200. The third-order valence-corrected chi connectivity index (χ3v) is 7.54. The van der Waals surface area contributed by atoms with Gasteiger partial charge in [-0.3, -0.25) is 0 Å². The topological polar surface area (TPSA) is 98.5 Å². The Kier molecular flexibility index (Phi) is 6.49. The fourth-order valence-corrected chi connectivity index (χ4v) is 5.39. The lowest BCUT2D eigenvalue weighted by molar-refractivity contribution is 0.0600. The second-order valence-electron chi connectivity index (χ2n) is 8.14. The Labute approximate surface area is 202 Å². The first-order chi connectivity index (χ1) is 16.1. The van der Waals surface area contributed by atoms with Crippen LogP contribution in [0.4, 0.5) is 0 Å². The number of esters is 1. The van der Waals surface area contributed by atoms with Crippen LogP contribution in [0, 0.1) is 0 Å². The molecular formula is C25H23ClN2O5S. The minimum absolute atomic E-state index is 0.0700. The van der Waals surface area contributed by atoms with E-state index in [0.717, 1.165) is 9.54 Å². The van der Waals surface area contributed by atoms with E-state index in [1.54, 1.807) is 48.5 Å². The number of carbonyl (C=O) groups excluding carboxylic acids is 1. The average Bonchev–Trinajstić information content (AvgIpc) is 3.22. The number of hydrogen-bond acceptors (Lipinski definition) is 6. The van der Waals surface area contributed by atoms with Gasteiger partial charge in [-0.1, -0.05) is 49.7 Å². The highest BCUT2D eigenvalue weighted by Gasteiger charge is 2.28. The van der Waals surface area contributed by atoms with Gasteiger partial charge in [0.1, 0.15) is 6.10 Å². The molecule has 0 bridgehead atoms. The van der Waals surface area contributed by atoms with Crippen molar-refractivity contribution in [1.82, 2.24) is 8.96 Å². The molecule has 1 unspecified atom stereocenters. The molecule has 4 rings (SSSR count). The summed E-state index contributed by atoms with van der Waals surface area (Å²) in [4.78, 5) is 16.0. The molecule has 2 aromatic carbocycles. The van der Waals surface area contributed by atoms with Gasteiger partial charge in [-0.25, -0.2) is 22.2 Å². The predicted octanol–water partition coefficient (Wildman–Crippen LogP) is 4.92. The van der Waals surface area contributed by atoms with E-state index in [-0.39, 0.29) is 22.2 Å². The number of aliphatic hydroxyl groups excluding tert-OH is 1. The first kappa shape index (κ1) is 23.9. The van der Waals surface area contributed by atoms with Crippen molar-refractivity contribution in [2.45, 2.75) is 30.8 Å². The lowest BCUT2D eigenvalue weighted by Gasteiger charge is -2.17. The Hall–Kier alpha value is -3.20. The lowest BCUT2D eigenvalue weighted by atomic mass is 10.0. The van der Waals surface area contributed by atoms with Crippen molar-refractivity contribution in [1.29, 1.82) is 0 Å². The molecule has 34 heavy (non-hydrogen) atoms. The summed E-state index contributed by atoms with van der Waals surface area (Å²) >= 11 is 6.09. The zero-order valence-electron chi connectivity index (χ0n) is 18.8. The minimum atomic E-state index is -4.11. The van der Waals surface area contributed by atoms with E-state index in [2.05, 4.69) is 4.98 Å². The molecule has 0 saturated heterocycles. The number of rotatable bonds is 6. The summed E-state index contributed by atoms with van der Waals surface area (Å²) in [5.74, 6) is -0.264. The molecule has 0 aliphatic heterocycles. The van der Waals surface area contributed by atoms with E-state index < -0.39 is 22.1 Å². The highest BCUT2D eigenvalue weighted by Crippen LogP contribution is 2.33. The Morgan fingerprint density at radius 3 is 2.24 bits per heavy atom. The Morgan fingerprint density at radius 2 is 1.65 bits per heavy atom. The van der Waals surface area contributed by atoms with Gasteiger partial charge in [0.05, 0.1) is 28.3 Å². The second-order valence-corrected chi connectivity index (χ2v) is 10.4. The number of pyridine rings is 1. The molecule has 1 N–H and O–H groups in total. The number of hydrogen-bond donors (Lipinski definition) is 1. The molecule has 0 aliphatic rings. The van der Waals surface area contributed by atoms with Crippen molar-refractivity contribution < 1.29 is 23.1 Å². The van der Waals surface area contributed by atoms with Crippen LogP contribution in [-0.4, -0.2) is 35.6 Å². The summed E-state index contributed by atoms with van der Waals surface area (Å²) in [7, 11) is -2.83. The fourth-order valence-electron chi connectivity index (χ4n) is 3.73. The van der Waals surface area contributed by atoms with Crippen molar-refractivity contribution in [2.24, 2.45) is 0 Å². The van der Waals surface area contributed by atoms with E-state index in [9.17, 15) is 18.3 Å². The second kappa shape index (κ2) is 9.21. The number of benzene rings is 2. The number of methoxy groups -OCH3 is 1. The van der Waals surface area contributed by atoms with Crippen LogP contribution in [0.15, 0.2) is 71.8 Å². The molecule has 0 aliphatic carbocycles. The molecule has 9 heteroatoms. The van der Waals surface area contributed by atoms with Crippen molar-refractivity contribution in [2.75, 3.05) is 7.11 Å². The number of aliphatic hydroxyl groups is 1. The van der Waals surface area contributed by atoms with Crippen molar-refractivity contribution in [3.8, 4) is 0 Å². The Balaban J connectivity index is 1.87. The smallest absolute Gasteiger partial charge is 0.337 e. The van der Waals surface area contributed by atoms with Crippen molar-refractivity contribution in [3.63, 3.8) is 0 Å². The zero-order chi connectivity index (χ0) is 24.6. The molecule has 0 spiro atoms. The van der Waals surface area contributed by atoms with E-state index in [1.807, 2.05) is 13.8 Å². The summed E-state index contributed by atoms with van der Waals surface area (Å²) in [6, 6.07) is 15.9. The molecule has 0 saturated carbocycles. The van der Waals surface area contributed by atoms with Crippen LogP contribution >= 0.6 is 11.6 Å². The average molecular weight is 499 g/mol. The maximum Gasteiger partial charge on any atom is 0.337 e. The third-order valence-electron chi connectivity index (χ3n) is 5.60. The summed E-state index contributed by atoms with van der Waals surface area (Å²) < 4.78 is 33.2. The van der Waals surface area contributed by atoms with Gasteiger partial charge >= 0.3 is 5.97 Å². The maximum absolute atomic E-state index is 13.7. The van der Waals surface area contributed by atoms with Gasteiger partial charge in [0.2, 0.25) is 0 Å². The number of carbonyl (C=O) groups is 1. The highest BCUT2D eigenvalue weighted by atomic mass is 35.5. The molecule has 2 heterocycles. The zero-order valence-corrected chi connectivity index (χ0v) is 20.3. The SMILES string of the molecule is COC(=O)c1ccc(C(O)c2cc3cc(Cl)cnc3n2S(=O)(=O)c2ccc(C(C)C)cc2)cc1. The summed E-state index contributed by atoms with van der Waals surface area (Å²) in [5, 5.41) is 12.0. The van der Waals surface area contributed by atoms with Crippen LogP contribution in [0.2, 0.25) is 5.02 Å². The van der Waals surface area contributed by atoms with Gasteiger partial charge in [0.25, 0.3) is 10.0 Å². The van der Waals surface area contributed by atoms with Crippen molar-refractivity contribution >= 4 is 38.6 Å². The standard InChI is InChI=1S/C25H23ClN2O5S/c1-15(2)16-8-10-21(11-9-16)34(31,32)28-22(13-19-12-20(26)14-27-24(19)28)23(29)17-4-6-18(7-5-17)25(30)33-3/h4-15,23,29H,1-3H3. The molecule has 0 amide bonds. The first-order valence-corrected chi connectivity index (χ1v) is 12.3. The molecule has 7 nitrogen and oxygen atoms in total. The van der Waals surface area contributed by atoms with Crippen LogP contribution in [0.3, 0.4) is 0 Å². The third kappa shape index (κ3) is 4.32. The molecule has 0 fully saturated rings. The van der Waals surface area contributed by atoms with Crippen LogP contribution in [0.5, 0.6) is 0 Å². The number of halogens is 1. The van der Waals surface area contributed by atoms with Gasteiger partial charge in [0, 0.05) is 11.6 Å². The number of ether oxygens (including phenoxy) is 1. The predicted molar refractivity (Wildman–Crippen MR) is 130 cm³/mol. The van der Waals surface area contributed by atoms with Crippen LogP contribution in [0.1, 0.15) is 53.0 Å². The molecule has 4 aromatic rings. The quantitative estimate of drug-likeness (QED) is 0.379. The lowest BCUT2D eigenvalue weighted by Crippen LogP contribution is -2.18. The molecule has 2 aromatic heterocycles. The highest BCUT2D eigenvalue weighted by molar-refractivity contribution is 7.90. The summed E-state index contributed by atoms with van der Waals surface area (Å²) in [6.45, 7) is 4.05. The monoisotopic (exact) mass is 498 g/mol.